The number of aromatic nitrogens is 3. The van der Waals surface area contributed by atoms with Crippen LogP contribution < -0.4 is 16.8 Å². The Kier molecular flexibility index (Phi) is 6.62. The third-order valence-corrected chi connectivity index (χ3v) is 1.73. The Morgan fingerprint density at radius 3 is 2.20 bits per heavy atom. The van der Waals surface area contributed by atoms with Crippen LogP contribution in [0.2, 0.25) is 0 Å². The van der Waals surface area contributed by atoms with Gasteiger partial charge in [-0.1, -0.05) is 19.8 Å². The van der Waals surface area contributed by atoms with Gasteiger partial charge in [0.15, 0.2) is 0 Å². The lowest BCUT2D eigenvalue weighted by molar-refractivity contribution is 0.740. The fourth-order valence-corrected chi connectivity index (χ4v) is 1.06. The molecule has 86 valence electrons. The molecule has 7 heteroatoms. The second-order valence-corrected chi connectivity index (χ2v) is 3.01. The monoisotopic (exact) mass is 230 g/mol. The van der Waals surface area contributed by atoms with Crippen LogP contribution in [0.4, 0.5) is 17.8 Å². The molecule has 1 heterocycles. The molecule has 0 aliphatic heterocycles. The van der Waals surface area contributed by atoms with Crippen LogP contribution in [0.3, 0.4) is 0 Å². The number of nitrogens with zero attached hydrogens (tertiary/aromatic N) is 3. The number of rotatable bonds is 5. The predicted octanol–water partition coefficient (Wildman–Crippen LogP) is 0.696. The minimum absolute atomic E-state index is 0. The van der Waals surface area contributed by atoms with E-state index in [4.69, 9.17) is 11.5 Å². The van der Waals surface area contributed by atoms with Gasteiger partial charge in [-0.2, -0.15) is 24.9 Å². The van der Waals surface area contributed by atoms with Crippen molar-refractivity contribution in [3.05, 3.63) is 0 Å². The highest BCUT2D eigenvalue weighted by Crippen LogP contribution is 2.03. The van der Waals surface area contributed by atoms with Crippen molar-refractivity contribution in [1.82, 2.24) is 15.0 Å². The third kappa shape index (κ3) is 5.32. The van der Waals surface area contributed by atoms with Gasteiger partial charge in [0.25, 0.3) is 0 Å². The van der Waals surface area contributed by atoms with Crippen LogP contribution in [-0.2, 0) is 0 Å². The van der Waals surface area contributed by atoms with Crippen molar-refractivity contribution in [3.63, 3.8) is 0 Å². The van der Waals surface area contributed by atoms with Crippen LogP contribution >= 0.6 is 9.90 Å². The molecule has 15 heavy (non-hydrogen) atoms. The smallest absolute Gasteiger partial charge is 0.229 e. The zero-order chi connectivity index (χ0) is 10.4. The molecule has 0 bridgehead atoms. The van der Waals surface area contributed by atoms with Crippen LogP contribution in [0, 0.1) is 0 Å². The number of hydrogen-bond acceptors (Lipinski definition) is 6. The molecule has 0 aromatic carbocycles. The average molecular weight is 230 g/mol. The lowest BCUT2D eigenvalue weighted by Crippen LogP contribution is -2.10. The summed E-state index contributed by atoms with van der Waals surface area (Å²) in [7, 11) is 0. The van der Waals surface area contributed by atoms with Crippen molar-refractivity contribution in [3.8, 4) is 0 Å². The molecule has 0 aliphatic rings. The quantitative estimate of drug-likeness (QED) is 0.508. The number of unbranched alkanes of at least 4 members (excludes halogenated alkanes) is 2. The maximum Gasteiger partial charge on any atom is 0.229 e. The molecule has 1 rings (SSSR count). The van der Waals surface area contributed by atoms with E-state index in [1.807, 2.05) is 0 Å². The lowest BCUT2D eigenvalue weighted by atomic mass is 10.2. The average Bonchev–Trinajstić information content (AvgIpc) is 2.11. The first kappa shape index (κ1) is 13.8. The van der Waals surface area contributed by atoms with Crippen molar-refractivity contribution >= 4 is 27.7 Å². The van der Waals surface area contributed by atoms with E-state index in [-0.39, 0.29) is 21.8 Å². The summed E-state index contributed by atoms with van der Waals surface area (Å²) in [5, 5.41) is 3.04. The number of nitrogens with two attached hydrogens (primary N) is 2. The Balaban J connectivity index is 0.00000196. The summed E-state index contributed by atoms with van der Waals surface area (Å²) in [4.78, 5) is 11.5. The van der Waals surface area contributed by atoms with E-state index in [0.29, 0.717) is 5.95 Å². The molecular formula is C8H19N6P. The summed E-state index contributed by atoms with van der Waals surface area (Å²) in [6, 6.07) is 0. The van der Waals surface area contributed by atoms with E-state index in [9.17, 15) is 0 Å². The zero-order valence-electron chi connectivity index (χ0n) is 9.03. The fourth-order valence-electron chi connectivity index (χ4n) is 1.06. The van der Waals surface area contributed by atoms with Crippen molar-refractivity contribution in [2.24, 2.45) is 0 Å². The molecule has 1 atom stereocenters. The molecule has 0 fully saturated rings. The van der Waals surface area contributed by atoms with E-state index in [2.05, 4.69) is 27.2 Å². The molecule has 0 aliphatic carbocycles. The number of anilines is 3. The molecule has 6 nitrogen and oxygen atoms in total. The van der Waals surface area contributed by atoms with Gasteiger partial charge < -0.3 is 16.8 Å². The van der Waals surface area contributed by atoms with Gasteiger partial charge in [0.1, 0.15) is 0 Å². The summed E-state index contributed by atoms with van der Waals surface area (Å²) < 4.78 is 0. The van der Waals surface area contributed by atoms with E-state index in [1.54, 1.807) is 0 Å². The topological polar surface area (TPSA) is 103 Å². The number of hydrogen-bond donors (Lipinski definition) is 3. The summed E-state index contributed by atoms with van der Waals surface area (Å²) in [5.74, 6) is 0.747. The standard InChI is InChI=1S/C8H16N6.H3P/c1-2-3-4-5-11-8-13-6(9)12-7(10)14-8;/h2-5H2,1H3,(H5,9,10,11,12,13,14);1H3. The van der Waals surface area contributed by atoms with Gasteiger partial charge in [-0.15, -0.1) is 0 Å². The van der Waals surface area contributed by atoms with Crippen LogP contribution in [0.25, 0.3) is 0 Å². The summed E-state index contributed by atoms with van der Waals surface area (Å²) >= 11 is 0. The van der Waals surface area contributed by atoms with Crippen molar-refractivity contribution in [2.45, 2.75) is 26.2 Å². The van der Waals surface area contributed by atoms with Crippen molar-refractivity contribution < 1.29 is 0 Å². The normalized spacial score (nSPS) is 9.40. The molecule has 1 unspecified atom stereocenters. The van der Waals surface area contributed by atoms with E-state index >= 15 is 0 Å². The Labute approximate surface area is 92.9 Å². The Bertz CT molecular complexity index is 272. The van der Waals surface area contributed by atoms with Gasteiger partial charge in [-0.05, 0) is 6.42 Å². The highest BCUT2D eigenvalue weighted by molar-refractivity contribution is 6.92. The van der Waals surface area contributed by atoms with Crippen LogP contribution in [0.5, 0.6) is 0 Å². The largest absolute Gasteiger partial charge is 0.368 e. The fraction of sp³-hybridized carbons (Fsp3) is 0.625. The minimum Gasteiger partial charge on any atom is -0.368 e. The maximum absolute atomic E-state index is 5.41. The van der Waals surface area contributed by atoms with Gasteiger partial charge in [0.05, 0.1) is 0 Å². The molecule has 0 saturated heterocycles. The second-order valence-electron chi connectivity index (χ2n) is 3.01. The minimum atomic E-state index is 0. The molecule has 1 aromatic heterocycles. The van der Waals surface area contributed by atoms with Crippen molar-refractivity contribution in [2.75, 3.05) is 23.3 Å². The lowest BCUT2D eigenvalue weighted by Gasteiger charge is -2.04. The molecule has 0 spiro atoms. The van der Waals surface area contributed by atoms with Gasteiger partial charge in [-0.25, -0.2) is 0 Å². The number of nitrogen functional groups attached to an aromatic ring is 2. The molecule has 0 saturated carbocycles. The van der Waals surface area contributed by atoms with Gasteiger partial charge in [0, 0.05) is 6.54 Å². The van der Waals surface area contributed by atoms with E-state index in [1.165, 1.54) is 12.8 Å². The zero-order valence-corrected chi connectivity index (χ0v) is 10.4. The van der Waals surface area contributed by atoms with Crippen LogP contribution in [0.15, 0.2) is 0 Å². The first-order valence-electron chi connectivity index (χ1n) is 4.73. The predicted molar refractivity (Wildman–Crippen MR) is 67.8 cm³/mol. The van der Waals surface area contributed by atoms with E-state index in [0.717, 1.165) is 13.0 Å². The number of nitrogens with one attached hydrogen (secondary N) is 1. The van der Waals surface area contributed by atoms with Gasteiger partial charge in [-0.3, -0.25) is 0 Å². The first-order valence-corrected chi connectivity index (χ1v) is 4.73. The SMILES string of the molecule is CCCCCNc1nc(N)nc(N)n1.P. The summed E-state index contributed by atoms with van der Waals surface area (Å²) in [6.07, 6.45) is 3.45. The van der Waals surface area contributed by atoms with Gasteiger partial charge >= 0.3 is 0 Å². The molecule has 5 N–H and O–H groups in total. The summed E-state index contributed by atoms with van der Waals surface area (Å²) in [6.45, 7) is 2.98. The Morgan fingerprint density at radius 2 is 1.67 bits per heavy atom. The summed E-state index contributed by atoms with van der Waals surface area (Å²) in [5.41, 5.74) is 10.8. The molecule has 0 amide bonds. The second kappa shape index (κ2) is 7.17. The molecule has 1 aromatic rings. The Morgan fingerprint density at radius 1 is 1.07 bits per heavy atom. The highest BCUT2D eigenvalue weighted by Gasteiger charge is 1.99. The van der Waals surface area contributed by atoms with Gasteiger partial charge in [0.2, 0.25) is 17.8 Å². The van der Waals surface area contributed by atoms with Crippen LogP contribution in [-0.4, -0.2) is 21.5 Å². The van der Waals surface area contributed by atoms with E-state index < -0.39 is 0 Å². The first-order chi connectivity index (χ1) is 6.72. The Hall–Kier alpha value is -1.16. The maximum atomic E-state index is 5.41. The van der Waals surface area contributed by atoms with Crippen molar-refractivity contribution in [1.29, 1.82) is 0 Å². The molecular weight excluding hydrogens is 211 g/mol. The third-order valence-electron chi connectivity index (χ3n) is 1.73. The molecule has 0 radical (unpaired) electrons. The van der Waals surface area contributed by atoms with Crippen LogP contribution in [0.1, 0.15) is 26.2 Å². The highest BCUT2D eigenvalue weighted by atomic mass is 31.0.